The van der Waals surface area contributed by atoms with Crippen LogP contribution in [0.2, 0.25) is 0 Å². The van der Waals surface area contributed by atoms with Crippen LogP contribution in [0.3, 0.4) is 0 Å². The number of nitrogens with zero attached hydrogens (tertiary/aromatic N) is 2. The molecule has 0 radical (unpaired) electrons. The van der Waals surface area contributed by atoms with E-state index in [9.17, 15) is 5.11 Å². The normalized spacial score (nSPS) is 28.4. The van der Waals surface area contributed by atoms with Crippen LogP contribution in [0.15, 0.2) is 12.3 Å². The minimum atomic E-state index is -0.414. The summed E-state index contributed by atoms with van der Waals surface area (Å²) in [6.45, 7) is 0.782. The van der Waals surface area contributed by atoms with E-state index in [0.717, 1.165) is 38.0 Å². The molecule has 0 amide bonds. The molecule has 0 aromatic carbocycles. The molecule has 3 rings (SSSR count). The van der Waals surface area contributed by atoms with E-state index in [2.05, 4.69) is 5.10 Å². The van der Waals surface area contributed by atoms with Gasteiger partial charge in [-0.25, -0.2) is 0 Å². The molecular formula is C14H22N2O2S. The lowest BCUT2D eigenvalue weighted by molar-refractivity contribution is -0.122. The molecule has 2 atom stereocenters. The zero-order chi connectivity index (χ0) is 13.3. The second-order valence-corrected chi connectivity index (χ2v) is 6.95. The third-order valence-corrected chi connectivity index (χ3v) is 5.53. The second kappa shape index (κ2) is 5.46. The molecule has 1 spiro atoms. The van der Waals surface area contributed by atoms with Crippen molar-refractivity contribution in [2.75, 3.05) is 18.1 Å². The molecule has 2 saturated heterocycles. The first kappa shape index (κ1) is 13.5. The standard InChI is InChI=1S/C14H22N2O2S/c1-16-12(2-6-15-16)13(17)11-3-7-18-14(10-11)4-8-19-9-5-14/h2,6,11,13,17H,3-5,7-10H2,1H3. The van der Waals surface area contributed by atoms with Gasteiger partial charge < -0.3 is 9.84 Å². The van der Waals surface area contributed by atoms with Crippen molar-refractivity contribution in [1.29, 1.82) is 0 Å². The number of rotatable bonds is 2. The van der Waals surface area contributed by atoms with Crippen LogP contribution in [-0.4, -0.2) is 38.6 Å². The maximum Gasteiger partial charge on any atom is 0.0986 e. The number of aryl methyl sites for hydroxylation is 1. The molecular weight excluding hydrogens is 260 g/mol. The van der Waals surface area contributed by atoms with Crippen molar-refractivity contribution in [2.24, 2.45) is 13.0 Å². The molecule has 0 bridgehead atoms. The SMILES string of the molecule is Cn1nccc1C(O)C1CCOC2(CCSCC2)C1. The molecule has 106 valence electrons. The largest absolute Gasteiger partial charge is 0.387 e. The number of aliphatic hydroxyl groups is 1. The topological polar surface area (TPSA) is 47.3 Å². The summed E-state index contributed by atoms with van der Waals surface area (Å²) in [5, 5.41) is 14.8. The average molecular weight is 282 g/mol. The zero-order valence-corrected chi connectivity index (χ0v) is 12.2. The van der Waals surface area contributed by atoms with Gasteiger partial charge in [0.15, 0.2) is 0 Å². The van der Waals surface area contributed by atoms with Crippen molar-refractivity contribution in [3.05, 3.63) is 18.0 Å². The van der Waals surface area contributed by atoms with Crippen LogP contribution >= 0.6 is 11.8 Å². The fraction of sp³-hybridized carbons (Fsp3) is 0.786. The number of thioether (sulfide) groups is 1. The molecule has 2 aliphatic heterocycles. The molecule has 19 heavy (non-hydrogen) atoms. The van der Waals surface area contributed by atoms with E-state index in [-0.39, 0.29) is 5.60 Å². The Kier molecular flexibility index (Phi) is 3.87. The molecule has 1 aromatic heterocycles. The van der Waals surface area contributed by atoms with Gasteiger partial charge >= 0.3 is 0 Å². The highest BCUT2D eigenvalue weighted by atomic mass is 32.2. The fourth-order valence-corrected chi connectivity index (χ4v) is 4.58. The van der Waals surface area contributed by atoms with Crippen LogP contribution in [0.5, 0.6) is 0 Å². The van der Waals surface area contributed by atoms with Gasteiger partial charge in [0.2, 0.25) is 0 Å². The van der Waals surface area contributed by atoms with E-state index in [0.29, 0.717) is 5.92 Å². The third kappa shape index (κ3) is 2.69. The van der Waals surface area contributed by atoms with Crippen molar-refractivity contribution < 1.29 is 9.84 Å². The quantitative estimate of drug-likeness (QED) is 0.903. The Balaban J connectivity index is 1.72. The third-order valence-electron chi connectivity index (χ3n) is 4.54. The van der Waals surface area contributed by atoms with Gasteiger partial charge in [0.25, 0.3) is 0 Å². The first-order valence-electron chi connectivity index (χ1n) is 7.08. The molecule has 1 aromatic rings. The summed E-state index contributed by atoms with van der Waals surface area (Å²) < 4.78 is 7.87. The van der Waals surface area contributed by atoms with E-state index < -0.39 is 6.10 Å². The molecule has 2 fully saturated rings. The summed E-state index contributed by atoms with van der Waals surface area (Å²) in [4.78, 5) is 0. The Bertz CT molecular complexity index is 423. The molecule has 5 heteroatoms. The fourth-order valence-electron chi connectivity index (χ4n) is 3.34. The number of ether oxygens (including phenoxy) is 1. The monoisotopic (exact) mass is 282 g/mol. The number of hydrogen-bond donors (Lipinski definition) is 1. The van der Waals surface area contributed by atoms with Crippen LogP contribution < -0.4 is 0 Å². The van der Waals surface area contributed by atoms with Gasteiger partial charge in [0, 0.05) is 19.9 Å². The lowest BCUT2D eigenvalue weighted by atomic mass is 9.79. The summed E-state index contributed by atoms with van der Waals surface area (Å²) in [7, 11) is 1.89. The summed E-state index contributed by atoms with van der Waals surface area (Å²) in [6, 6.07) is 1.92. The summed E-state index contributed by atoms with van der Waals surface area (Å²) in [5.41, 5.74) is 0.959. The van der Waals surface area contributed by atoms with Gasteiger partial charge in [-0.2, -0.15) is 16.9 Å². The highest BCUT2D eigenvalue weighted by Crippen LogP contribution is 2.43. The number of aromatic nitrogens is 2. The van der Waals surface area contributed by atoms with Gasteiger partial charge in [-0.05, 0) is 49.2 Å². The predicted octanol–water partition coefficient (Wildman–Crippen LogP) is 2.15. The Morgan fingerprint density at radius 3 is 3.00 bits per heavy atom. The molecule has 2 unspecified atom stereocenters. The van der Waals surface area contributed by atoms with Crippen molar-refractivity contribution in [1.82, 2.24) is 9.78 Å². The zero-order valence-electron chi connectivity index (χ0n) is 11.4. The summed E-state index contributed by atoms with van der Waals surface area (Å²) in [5.74, 6) is 2.68. The van der Waals surface area contributed by atoms with Gasteiger partial charge in [0.05, 0.1) is 17.4 Å². The van der Waals surface area contributed by atoms with Crippen LogP contribution in [0.25, 0.3) is 0 Å². The predicted molar refractivity (Wildman–Crippen MR) is 76.1 cm³/mol. The van der Waals surface area contributed by atoms with Crippen LogP contribution in [0.4, 0.5) is 0 Å². The highest BCUT2D eigenvalue weighted by molar-refractivity contribution is 7.99. The Morgan fingerprint density at radius 2 is 2.32 bits per heavy atom. The maximum absolute atomic E-state index is 10.6. The number of hydrogen-bond acceptors (Lipinski definition) is 4. The van der Waals surface area contributed by atoms with Crippen molar-refractivity contribution in [3.8, 4) is 0 Å². The second-order valence-electron chi connectivity index (χ2n) is 5.72. The van der Waals surface area contributed by atoms with Gasteiger partial charge in [-0.1, -0.05) is 0 Å². The molecule has 1 N–H and O–H groups in total. The smallest absolute Gasteiger partial charge is 0.0986 e. The van der Waals surface area contributed by atoms with E-state index >= 15 is 0 Å². The van der Waals surface area contributed by atoms with Crippen molar-refractivity contribution in [2.45, 2.75) is 37.4 Å². The molecule has 3 heterocycles. The molecule has 0 aliphatic carbocycles. The Morgan fingerprint density at radius 1 is 1.53 bits per heavy atom. The van der Waals surface area contributed by atoms with Crippen molar-refractivity contribution >= 4 is 11.8 Å². The van der Waals surface area contributed by atoms with Crippen LogP contribution in [0, 0.1) is 5.92 Å². The Labute approximate surface area is 118 Å². The van der Waals surface area contributed by atoms with Gasteiger partial charge in [-0.3, -0.25) is 4.68 Å². The highest BCUT2D eigenvalue weighted by Gasteiger charge is 2.41. The van der Waals surface area contributed by atoms with E-state index in [1.165, 1.54) is 11.5 Å². The van der Waals surface area contributed by atoms with E-state index in [1.54, 1.807) is 10.9 Å². The Hall–Kier alpha value is -0.520. The molecule has 2 aliphatic rings. The van der Waals surface area contributed by atoms with Crippen molar-refractivity contribution in [3.63, 3.8) is 0 Å². The van der Waals surface area contributed by atoms with E-state index in [4.69, 9.17) is 4.74 Å². The first-order chi connectivity index (χ1) is 9.20. The maximum atomic E-state index is 10.6. The first-order valence-corrected chi connectivity index (χ1v) is 8.23. The minimum absolute atomic E-state index is 0.0355. The van der Waals surface area contributed by atoms with Gasteiger partial charge in [0.1, 0.15) is 0 Å². The molecule has 4 nitrogen and oxygen atoms in total. The van der Waals surface area contributed by atoms with E-state index in [1.807, 2.05) is 24.9 Å². The van der Waals surface area contributed by atoms with Crippen LogP contribution in [0.1, 0.15) is 37.5 Å². The summed E-state index contributed by atoms with van der Waals surface area (Å²) >= 11 is 2.02. The number of aliphatic hydroxyl groups excluding tert-OH is 1. The minimum Gasteiger partial charge on any atom is -0.387 e. The average Bonchev–Trinajstić information content (AvgIpc) is 2.85. The lowest BCUT2D eigenvalue weighted by Gasteiger charge is -2.44. The van der Waals surface area contributed by atoms with Crippen LogP contribution in [-0.2, 0) is 11.8 Å². The molecule has 0 saturated carbocycles. The summed E-state index contributed by atoms with van der Waals surface area (Å²) in [6.07, 6.45) is 5.53. The van der Waals surface area contributed by atoms with Gasteiger partial charge in [-0.15, -0.1) is 0 Å². The lowest BCUT2D eigenvalue weighted by Crippen LogP contribution is -2.44.